The summed E-state index contributed by atoms with van der Waals surface area (Å²) in [6.45, 7) is 0. The van der Waals surface area contributed by atoms with E-state index >= 15 is 0 Å². The second kappa shape index (κ2) is 6.47. The molecule has 1 aliphatic heterocycles. The Morgan fingerprint density at radius 1 is 0.710 bits per heavy atom. The lowest BCUT2D eigenvalue weighted by molar-refractivity contribution is 0.0930. The van der Waals surface area contributed by atoms with Gasteiger partial charge < -0.3 is 4.74 Å². The maximum absolute atomic E-state index is 13.5. The number of ether oxygens (including phenoxy) is 1. The van der Waals surface area contributed by atoms with Crippen LogP contribution < -0.4 is 4.74 Å². The van der Waals surface area contributed by atoms with Gasteiger partial charge in [-0.2, -0.15) is 0 Å². The van der Waals surface area contributed by atoms with Crippen molar-refractivity contribution in [3.05, 3.63) is 113 Å². The second-order valence-corrected chi connectivity index (χ2v) is 7.74. The summed E-state index contributed by atoms with van der Waals surface area (Å²) in [7, 11) is 0. The number of carbonyl (C=O) groups excluding carboxylic acids is 2. The van der Waals surface area contributed by atoms with Crippen molar-refractivity contribution in [1.29, 1.82) is 0 Å². The molecule has 1 aliphatic carbocycles. The van der Waals surface area contributed by atoms with Crippen LogP contribution in [0, 0.1) is 5.82 Å². The van der Waals surface area contributed by atoms with Gasteiger partial charge in [0, 0.05) is 23.1 Å². The van der Waals surface area contributed by atoms with Crippen LogP contribution in [0.1, 0.15) is 26.3 Å². The Labute approximate surface area is 177 Å². The zero-order valence-electron chi connectivity index (χ0n) is 16.3. The van der Waals surface area contributed by atoms with Crippen LogP contribution >= 0.6 is 0 Å². The van der Waals surface area contributed by atoms with Crippen molar-refractivity contribution in [3.8, 4) is 16.9 Å². The van der Waals surface area contributed by atoms with Gasteiger partial charge in [0.1, 0.15) is 11.6 Å². The zero-order valence-corrected chi connectivity index (χ0v) is 16.3. The largest absolute Gasteiger partial charge is 0.452 e. The number of Topliss-reactive ketones (excluding diaryl/α,β-unsaturated/α-hetero) is 2. The summed E-state index contributed by atoms with van der Waals surface area (Å²) in [5, 5.41) is 1.93. The van der Waals surface area contributed by atoms with Crippen LogP contribution in [0.15, 0.2) is 90.2 Å². The molecule has 0 aromatic heterocycles. The Morgan fingerprint density at radius 2 is 1.42 bits per heavy atom. The summed E-state index contributed by atoms with van der Waals surface area (Å²) in [5.74, 6) is -0.0415. The molecule has 2 aliphatic rings. The SMILES string of the molecule is O=C1C2=C(Oc3ccc4cccc(-c5ccc(F)cc5)c4c3C2)C(=O)c2ccccc21. The molecule has 0 radical (unpaired) electrons. The second-order valence-electron chi connectivity index (χ2n) is 7.74. The van der Waals surface area contributed by atoms with Crippen molar-refractivity contribution in [2.24, 2.45) is 0 Å². The van der Waals surface area contributed by atoms with E-state index in [0.29, 0.717) is 28.9 Å². The van der Waals surface area contributed by atoms with E-state index in [-0.39, 0.29) is 23.1 Å². The van der Waals surface area contributed by atoms with E-state index in [4.69, 9.17) is 4.74 Å². The predicted molar refractivity (Wildman–Crippen MR) is 116 cm³/mol. The normalized spacial score (nSPS) is 14.7. The van der Waals surface area contributed by atoms with E-state index in [0.717, 1.165) is 27.5 Å². The fraction of sp³-hybridized carbons (Fsp3) is 0.0370. The number of rotatable bonds is 1. The van der Waals surface area contributed by atoms with Crippen molar-refractivity contribution in [1.82, 2.24) is 0 Å². The third-order valence-corrected chi connectivity index (χ3v) is 6.00. The molecule has 4 aromatic carbocycles. The average Bonchev–Trinajstić information content (AvgIpc) is 2.81. The molecule has 6 rings (SSSR count). The van der Waals surface area contributed by atoms with Crippen molar-refractivity contribution in [3.63, 3.8) is 0 Å². The zero-order chi connectivity index (χ0) is 21.1. The van der Waals surface area contributed by atoms with Crippen LogP contribution in [0.4, 0.5) is 4.39 Å². The quantitative estimate of drug-likeness (QED) is 0.394. The van der Waals surface area contributed by atoms with E-state index in [1.165, 1.54) is 12.1 Å². The van der Waals surface area contributed by atoms with E-state index < -0.39 is 0 Å². The van der Waals surface area contributed by atoms with E-state index in [1.807, 2.05) is 30.3 Å². The van der Waals surface area contributed by atoms with Crippen LogP contribution in [-0.2, 0) is 6.42 Å². The lowest BCUT2D eigenvalue weighted by atomic mass is 9.82. The van der Waals surface area contributed by atoms with Crippen molar-refractivity contribution >= 4 is 22.3 Å². The van der Waals surface area contributed by atoms with Gasteiger partial charge in [-0.25, -0.2) is 4.39 Å². The maximum atomic E-state index is 13.5. The molecular formula is C27H15FO3. The highest BCUT2D eigenvalue weighted by atomic mass is 19.1. The number of ketones is 2. The Kier molecular flexibility index (Phi) is 3.71. The molecule has 148 valence electrons. The Hall–Kier alpha value is -4.05. The molecule has 1 heterocycles. The molecular weight excluding hydrogens is 391 g/mol. The molecule has 0 saturated carbocycles. The predicted octanol–water partition coefficient (Wildman–Crippen LogP) is 5.91. The molecule has 0 unspecified atom stereocenters. The van der Waals surface area contributed by atoms with Gasteiger partial charge in [-0.15, -0.1) is 0 Å². The van der Waals surface area contributed by atoms with Crippen LogP contribution in [0.25, 0.3) is 21.9 Å². The fourth-order valence-corrected chi connectivity index (χ4v) is 4.54. The van der Waals surface area contributed by atoms with Gasteiger partial charge in [-0.05, 0) is 40.1 Å². The summed E-state index contributed by atoms with van der Waals surface area (Å²) >= 11 is 0. The Bertz CT molecular complexity index is 1460. The molecule has 3 nitrogen and oxygen atoms in total. The van der Waals surface area contributed by atoms with E-state index in [1.54, 1.807) is 36.4 Å². The highest BCUT2D eigenvalue weighted by Gasteiger charge is 2.37. The van der Waals surface area contributed by atoms with Crippen LogP contribution in [-0.4, -0.2) is 11.6 Å². The van der Waals surface area contributed by atoms with Crippen molar-refractivity contribution < 1.29 is 18.7 Å². The number of hydrogen-bond acceptors (Lipinski definition) is 3. The number of benzene rings is 4. The minimum absolute atomic E-state index is 0.120. The summed E-state index contributed by atoms with van der Waals surface area (Å²) < 4.78 is 19.5. The summed E-state index contributed by atoms with van der Waals surface area (Å²) in [6, 6.07) is 22.9. The van der Waals surface area contributed by atoms with Gasteiger partial charge in [0.05, 0.1) is 5.57 Å². The summed E-state index contributed by atoms with van der Waals surface area (Å²) in [4.78, 5) is 26.2. The first kappa shape index (κ1) is 17.8. The molecule has 31 heavy (non-hydrogen) atoms. The molecule has 4 aromatic rings. The average molecular weight is 406 g/mol. The van der Waals surface area contributed by atoms with Crippen LogP contribution in [0.3, 0.4) is 0 Å². The molecule has 0 N–H and O–H groups in total. The van der Waals surface area contributed by atoms with Gasteiger partial charge in [0.15, 0.2) is 11.5 Å². The highest BCUT2D eigenvalue weighted by molar-refractivity contribution is 6.27. The molecule has 0 atom stereocenters. The lowest BCUT2D eigenvalue weighted by Crippen LogP contribution is -2.28. The van der Waals surface area contributed by atoms with Gasteiger partial charge in [-0.1, -0.05) is 60.7 Å². The first-order valence-electron chi connectivity index (χ1n) is 10.0. The van der Waals surface area contributed by atoms with Gasteiger partial charge in [0.2, 0.25) is 5.78 Å². The number of carbonyl (C=O) groups is 2. The molecule has 0 amide bonds. The Morgan fingerprint density at radius 3 is 2.19 bits per heavy atom. The summed E-state index contributed by atoms with van der Waals surface area (Å²) in [5.41, 5.74) is 3.84. The number of hydrogen-bond donors (Lipinski definition) is 0. The van der Waals surface area contributed by atoms with Gasteiger partial charge >= 0.3 is 0 Å². The third kappa shape index (κ3) is 2.58. The molecule has 0 spiro atoms. The van der Waals surface area contributed by atoms with Crippen molar-refractivity contribution in [2.45, 2.75) is 6.42 Å². The maximum Gasteiger partial charge on any atom is 0.229 e. The summed E-state index contributed by atoms with van der Waals surface area (Å²) in [6.07, 6.45) is 0.305. The third-order valence-electron chi connectivity index (χ3n) is 6.00. The highest BCUT2D eigenvalue weighted by Crippen LogP contribution is 2.42. The first-order chi connectivity index (χ1) is 15.1. The number of halogens is 1. The van der Waals surface area contributed by atoms with Crippen LogP contribution in [0.5, 0.6) is 5.75 Å². The van der Waals surface area contributed by atoms with E-state index in [2.05, 4.69) is 0 Å². The minimum atomic E-state index is -0.297. The molecule has 4 heteroatoms. The van der Waals surface area contributed by atoms with Crippen molar-refractivity contribution in [2.75, 3.05) is 0 Å². The number of fused-ring (bicyclic) bond motifs is 4. The minimum Gasteiger partial charge on any atom is -0.452 e. The van der Waals surface area contributed by atoms with Crippen LogP contribution in [0.2, 0.25) is 0 Å². The number of allylic oxidation sites excluding steroid dienone is 2. The molecule has 0 saturated heterocycles. The standard InChI is InChI=1S/C27H15FO3/c28-17-11-8-15(9-12-17)18-7-3-4-16-10-13-23-21(24(16)18)14-22-25(29)19-5-1-2-6-20(19)26(30)27(22)31-23/h1-13H,14H2. The Balaban J connectivity index is 1.56. The lowest BCUT2D eigenvalue weighted by Gasteiger charge is -2.27. The topological polar surface area (TPSA) is 43.4 Å². The molecule has 0 bridgehead atoms. The molecule has 0 fully saturated rings. The van der Waals surface area contributed by atoms with E-state index in [9.17, 15) is 14.0 Å². The van der Waals surface area contributed by atoms with Gasteiger partial charge in [0.25, 0.3) is 0 Å². The fourth-order valence-electron chi connectivity index (χ4n) is 4.54. The smallest absolute Gasteiger partial charge is 0.229 e. The monoisotopic (exact) mass is 406 g/mol. The first-order valence-corrected chi connectivity index (χ1v) is 10.0. The van der Waals surface area contributed by atoms with Gasteiger partial charge in [-0.3, -0.25) is 9.59 Å².